The minimum atomic E-state index is -4.77. The average molecular weight is 324 g/mol. The van der Waals surface area contributed by atoms with Gasteiger partial charge in [-0.25, -0.2) is 4.79 Å². The number of aliphatic imine (C=N–C) groups is 1. The zero-order valence-corrected chi connectivity index (χ0v) is 11.8. The van der Waals surface area contributed by atoms with Gasteiger partial charge in [-0.1, -0.05) is 12.1 Å². The molecule has 23 heavy (non-hydrogen) atoms. The third-order valence-electron chi connectivity index (χ3n) is 3.34. The quantitative estimate of drug-likeness (QED) is 0.928. The van der Waals surface area contributed by atoms with Crippen molar-refractivity contribution in [2.24, 2.45) is 4.99 Å². The fraction of sp³-hybridized carbons (Fsp3) is 0.200. The highest BCUT2D eigenvalue weighted by molar-refractivity contribution is 6.19. The summed E-state index contributed by atoms with van der Waals surface area (Å²) in [4.78, 5) is 15.0. The van der Waals surface area contributed by atoms with E-state index in [1.165, 1.54) is 25.3 Å². The number of ether oxygens (including phenoxy) is 2. The minimum Gasteiger partial charge on any atom is -0.496 e. The van der Waals surface area contributed by atoms with E-state index < -0.39 is 12.4 Å². The van der Waals surface area contributed by atoms with Gasteiger partial charge in [0.25, 0.3) is 0 Å². The Balaban J connectivity index is 1.90. The molecule has 3 rings (SSSR count). The Morgan fingerprint density at radius 2 is 2.09 bits per heavy atom. The normalized spacial score (nSPS) is 19.7. The number of benzene rings is 1. The summed E-state index contributed by atoms with van der Waals surface area (Å²) >= 11 is 0. The molecule has 1 N–H and O–H groups in total. The number of nitrogens with one attached hydrogen (secondary N) is 1. The van der Waals surface area contributed by atoms with Gasteiger partial charge in [0.05, 0.1) is 18.5 Å². The first-order chi connectivity index (χ1) is 10.9. The molecule has 0 radical (unpaired) electrons. The fourth-order valence-corrected chi connectivity index (χ4v) is 2.42. The monoisotopic (exact) mass is 324 g/mol. The van der Waals surface area contributed by atoms with Gasteiger partial charge in [-0.2, -0.15) is 4.99 Å². The van der Waals surface area contributed by atoms with Gasteiger partial charge in [-0.05, 0) is 18.2 Å². The van der Waals surface area contributed by atoms with Crippen LogP contribution in [0.4, 0.5) is 18.0 Å². The number of alkyl halides is 3. The lowest BCUT2D eigenvalue weighted by molar-refractivity contribution is -0.274. The molecule has 0 spiro atoms. The van der Waals surface area contributed by atoms with Crippen molar-refractivity contribution in [2.45, 2.75) is 12.3 Å². The summed E-state index contributed by atoms with van der Waals surface area (Å²) in [6.07, 6.45) is 0.451. The van der Waals surface area contributed by atoms with E-state index >= 15 is 0 Å². The van der Waals surface area contributed by atoms with E-state index in [0.717, 1.165) is 0 Å². The molecule has 120 valence electrons. The van der Waals surface area contributed by atoms with Crippen LogP contribution in [0.5, 0.6) is 11.5 Å². The van der Waals surface area contributed by atoms with Crippen LogP contribution in [-0.2, 0) is 0 Å². The molecule has 0 aromatic heterocycles. The molecule has 1 atom stereocenters. The van der Waals surface area contributed by atoms with Gasteiger partial charge in [0, 0.05) is 17.5 Å². The number of allylic oxidation sites excluding steroid dienone is 3. The largest absolute Gasteiger partial charge is 0.573 e. The first-order valence-corrected chi connectivity index (χ1v) is 6.59. The Labute approximate surface area is 129 Å². The Kier molecular flexibility index (Phi) is 3.59. The highest BCUT2D eigenvalue weighted by atomic mass is 19.4. The summed E-state index contributed by atoms with van der Waals surface area (Å²) in [5, 5.41) is 2.59. The summed E-state index contributed by atoms with van der Waals surface area (Å²) in [6.45, 7) is 0. The van der Waals surface area contributed by atoms with Crippen LogP contribution in [-0.4, -0.2) is 25.2 Å². The van der Waals surface area contributed by atoms with Crippen LogP contribution < -0.4 is 14.8 Å². The zero-order valence-electron chi connectivity index (χ0n) is 11.8. The summed E-state index contributed by atoms with van der Waals surface area (Å²) in [6, 6.07) is 3.43. The zero-order chi connectivity index (χ0) is 16.6. The van der Waals surface area contributed by atoms with Gasteiger partial charge < -0.3 is 14.8 Å². The van der Waals surface area contributed by atoms with Crippen molar-refractivity contribution < 1.29 is 27.4 Å². The maximum Gasteiger partial charge on any atom is 0.573 e. The molecule has 1 heterocycles. The van der Waals surface area contributed by atoms with E-state index in [4.69, 9.17) is 4.74 Å². The van der Waals surface area contributed by atoms with Crippen LogP contribution in [0.25, 0.3) is 0 Å². The summed E-state index contributed by atoms with van der Waals surface area (Å²) in [5.74, 6) is -0.373. The molecule has 1 aromatic rings. The first kappa shape index (κ1) is 15.1. The molecule has 1 aliphatic carbocycles. The number of hydrogen-bond donors (Lipinski definition) is 1. The van der Waals surface area contributed by atoms with Gasteiger partial charge in [0.15, 0.2) is 0 Å². The van der Waals surface area contributed by atoms with Crippen molar-refractivity contribution in [3.8, 4) is 11.5 Å². The molecule has 8 heteroatoms. The van der Waals surface area contributed by atoms with Crippen molar-refractivity contribution >= 4 is 11.7 Å². The van der Waals surface area contributed by atoms with Crippen LogP contribution in [0.15, 0.2) is 47.1 Å². The second-order valence-electron chi connectivity index (χ2n) is 4.84. The van der Waals surface area contributed by atoms with E-state index in [1.807, 2.05) is 0 Å². The highest BCUT2D eigenvalue weighted by Gasteiger charge is 2.31. The number of nitrogens with zero attached hydrogens (tertiary/aromatic N) is 1. The van der Waals surface area contributed by atoms with E-state index in [-0.39, 0.29) is 17.4 Å². The van der Waals surface area contributed by atoms with Gasteiger partial charge in [-0.3, -0.25) is 0 Å². The number of hydrogen-bond acceptors (Lipinski definition) is 3. The van der Waals surface area contributed by atoms with Crippen LogP contribution >= 0.6 is 0 Å². The molecule has 0 fully saturated rings. The number of fused-ring (bicyclic) bond motifs is 1. The lowest BCUT2D eigenvalue weighted by Crippen LogP contribution is -2.18. The SMILES string of the molecule is COc1cc(OC(F)(F)F)ccc1C1C=CC2=NC(=O)NC2=C1. The molecule has 0 saturated carbocycles. The fourth-order valence-electron chi connectivity index (χ4n) is 2.42. The molecular weight excluding hydrogens is 313 g/mol. The van der Waals surface area contributed by atoms with Crippen LogP contribution in [0.3, 0.4) is 0 Å². The van der Waals surface area contributed by atoms with E-state index in [1.54, 1.807) is 18.2 Å². The van der Waals surface area contributed by atoms with Gasteiger partial charge in [-0.15, -0.1) is 13.2 Å². The predicted octanol–water partition coefficient (Wildman–Crippen LogP) is 3.30. The minimum absolute atomic E-state index is 0.253. The lowest BCUT2D eigenvalue weighted by atomic mass is 9.92. The standard InChI is InChI=1S/C15H11F3N2O3/c1-22-13-7-9(23-15(16,17)18)3-4-10(13)8-2-5-11-12(6-8)20-14(21)19-11/h2-8H,1H3,(H,20,21). The Hall–Kier alpha value is -2.77. The number of halogens is 3. The Morgan fingerprint density at radius 3 is 2.78 bits per heavy atom. The summed E-state index contributed by atoms with van der Waals surface area (Å²) in [7, 11) is 1.36. The Bertz CT molecular complexity index is 751. The highest BCUT2D eigenvalue weighted by Crippen LogP contribution is 2.36. The molecule has 0 saturated heterocycles. The van der Waals surface area contributed by atoms with Crippen molar-refractivity contribution in [3.63, 3.8) is 0 Å². The van der Waals surface area contributed by atoms with Gasteiger partial charge >= 0.3 is 12.4 Å². The number of urea groups is 1. The number of rotatable bonds is 3. The molecule has 2 amide bonds. The first-order valence-electron chi connectivity index (χ1n) is 6.59. The molecular formula is C15H11F3N2O3. The van der Waals surface area contributed by atoms with E-state index in [2.05, 4.69) is 15.0 Å². The van der Waals surface area contributed by atoms with Gasteiger partial charge in [0.1, 0.15) is 11.5 Å². The number of methoxy groups -OCH3 is 1. The van der Waals surface area contributed by atoms with E-state index in [9.17, 15) is 18.0 Å². The predicted molar refractivity (Wildman–Crippen MR) is 75.6 cm³/mol. The molecule has 2 aliphatic rings. The summed E-state index contributed by atoms with van der Waals surface area (Å²) in [5.41, 5.74) is 1.74. The topological polar surface area (TPSA) is 59.9 Å². The number of amides is 2. The molecule has 0 bridgehead atoms. The van der Waals surface area contributed by atoms with Crippen molar-refractivity contribution in [3.05, 3.63) is 47.7 Å². The number of carbonyl (C=O) groups excluding carboxylic acids is 1. The van der Waals surface area contributed by atoms with Gasteiger partial charge in [0.2, 0.25) is 0 Å². The smallest absolute Gasteiger partial charge is 0.496 e. The third-order valence-corrected chi connectivity index (χ3v) is 3.34. The molecule has 5 nitrogen and oxygen atoms in total. The maximum absolute atomic E-state index is 12.3. The van der Waals surface area contributed by atoms with Crippen molar-refractivity contribution in [2.75, 3.05) is 7.11 Å². The van der Waals surface area contributed by atoms with E-state index in [0.29, 0.717) is 17.0 Å². The average Bonchev–Trinajstić information content (AvgIpc) is 2.84. The molecule has 1 unspecified atom stereocenters. The van der Waals surface area contributed by atoms with Crippen molar-refractivity contribution in [1.29, 1.82) is 0 Å². The second kappa shape index (κ2) is 5.45. The van der Waals surface area contributed by atoms with Crippen molar-refractivity contribution in [1.82, 2.24) is 5.32 Å². The van der Waals surface area contributed by atoms with Crippen LogP contribution in [0.2, 0.25) is 0 Å². The molecule has 1 aromatic carbocycles. The van der Waals surface area contributed by atoms with Crippen LogP contribution in [0, 0.1) is 0 Å². The lowest BCUT2D eigenvalue weighted by Gasteiger charge is -2.18. The maximum atomic E-state index is 12.3. The number of carbonyl (C=O) groups is 1. The third kappa shape index (κ3) is 3.20. The summed E-state index contributed by atoms with van der Waals surface area (Å²) < 4.78 is 45.9. The molecule has 1 aliphatic heterocycles. The van der Waals surface area contributed by atoms with Crippen LogP contribution in [0.1, 0.15) is 11.5 Å². The Morgan fingerprint density at radius 1 is 1.30 bits per heavy atom. The second-order valence-corrected chi connectivity index (χ2v) is 4.84.